The van der Waals surface area contributed by atoms with E-state index in [1.165, 1.54) is 0 Å². The Morgan fingerprint density at radius 2 is 2.36 bits per heavy atom. The predicted octanol–water partition coefficient (Wildman–Crippen LogP) is 0.446. The summed E-state index contributed by atoms with van der Waals surface area (Å²) in [5.41, 5.74) is -0.0523. The van der Waals surface area contributed by atoms with Crippen molar-refractivity contribution in [2.45, 2.75) is 25.9 Å². The van der Waals surface area contributed by atoms with Gasteiger partial charge in [0.25, 0.3) is 0 Å². The molecular weight excluding hydrogens is 178 g/mol. The van der Waals surface area contributed by atoms with E-state index in [1.807, 2.05) is 0 Å². The highest BCUT2D eigenvalue weighted by atomic mass is 16.5. The lowest BCUT2D eigenvalue weighted by molar-refractivity contribution is -0.0112. The van der Waals surface area contributed by atoms with Crippen LogP contribution in [-0.4, -0.2) is 49.2 Å². The summed E-state index contributed by atoms with van der Waals surface area (Å²) in [4.78, 5) is 6.75. The van der Waals surface area contributed by atoms with E-state index in [1.54, 1.807) is 0 Å². The van der Waals surface area contributed by atoms with Gasteiger partial charge in [0.2, 0.25) is 0 Å². The molecule has 0 unspecified atom stereocenters. The molecule has 1 N–H and O–H groups in total. The van der Waals surface area contributed by atoms with E-state index in [2.05, 4.69) is 29.1 Å². The fraction of sp³-hybridized carbons (Fsp3) is 0.900. The molecule has 0 aromatic carbocycles. The second kappa shape index (κ2) is 3.77. The number of rotatable bonds is 0. The molecule has 0 amide bonds. The monoisotopic (exact) mass is 197 g/mol. The fourth-order valence-electron chi connectivity index (χ4n) is 1.97. The summed E-state index contributed by atoms with van der Waals surface area (Å²) >= 11 is 0. The molecule has 0 spiro atoms. The molecule has 80 valence electrons. The van der Waals surface area contributed by atoms with E-state index in [0.717, 1.165) is 45.2 Å². The van der Waals surface area contributed by atoms with Crippen LogP contribution in [0.4, 0.5) is 0 Å². The Balaban J connectivity index is 2.03. The highest BCUT2D eigenvalue weighted by molar-refractivity contribution is 5.81. The van der Waals surface area contributed by atoms with Crippen LogP contribution in [0.15, 0.2) is 4.99 Å². The Labute approximate surface area is 85.3 Å². The number of guanidine groups is 1. The molecule has 0 bridgehead atoms. The van der Waals surface area contributed by atoms with Gasteiger partial charge in [-0.25, -0.2) is 0 Å². The number of hydrogen-bond acceptors (Lipinski definition) is 4. The zero-order valence-electron chi connectivity index (χ0n) is 9.05. The second-order valence-corrected chi connectivity index (χ2v) is 4.52. The van der Waals surface area contributed by atoms with Crippen LogP contribution in [-0.2, 0) is 4.74 Å². The van der Waals surface area contributed by atoms with E-state index < -0.39 is 0 Å². The van der Waals surface area contributed by atoms with Crippen LogP contribution in [0.2, 0.25) is 0 Å². The van der Waals surface area contributed by atoms with Gasteiger partial charge in [0.1, 0.15) is 0 Å². The molecule has 0 aromatic rings. The molecule has 1 fully saturated rings. The zero-order chi connectivity index (χ0) is 10.0. The number of hydrogen-bond donors (Lipinski definition) is 1. The van der Waals surface area contributed by atoms with Gasteiger partial charge in [0.05, 0.1) is 12.1 Å². The molecule has 0 aromatic heterocycles. The predicted molar refractivity (Wildman–Crippen MR) is 56.5 cm³/mol. The first kappa shape index (κ1) is 9.77. The lowest BCUT2D eigenvalue weighted by Crippen LogP contribution is -2.45. The zero-order valence-corrected chi connectivity index (χ0v) is 9.05. The van der Waals surface area contributed by atoms with Crippen molar-refractivity contribution >= 4 is 5.96 Å². The maximum Gasteiger partial charge on any atom is 0.194 e. The molecule has 0 saturated carbocycles. The highest BCUT2D eigenvalue weighted by Gasteiger charge is 2.27. The van der Waals surface area contributed by atoms with E-state index in [4.69, 9.17) is 4.74 Å². The summed E-state index contributed by atoms with van der Waals surface area (Å²) in [6.45, 7) is 9.01. The van der Waals surface area contributed by atoms with Gasteiger partial charge in [-0.15, -0.1) is 0 Å². The Morgan fingerprint density at radius 3 is 3.07 bits per heavy atom. The van der Waals surface area contributed by atoms with Crippen LogP contribution in [0.1, 0.15) is 20.3 Å². The minimum Gasteiger partial charge on any atom is -0.374 e. The van der Waals surface area contributed by atoms with Crippen molar-refractivity contribution in [3.05, 3.63) is 0 Å². The highest BCUT2D eigenvalue weighted by Crippen LogP contribution is 2.16. The first-order valence-electron chi connectivity index (χ1n) is 5.35. The van der Waals surface area contributed by atoms with Crippen molar-refractivity contribution in [2.24, 2.45) is 4.99 Å². The van der Waals surface area contributed by atoms with Gasteiger partial charge in [0, 0.05) is 26.2 Å². The molecule has 2 aliphatic heterocycles. The molecule has 4 heteroatoms. The van der Waals surface area contributed by atoms with Crippen molar-refractivity contribution in [1.29, 1.82) is 0 Å². The molecule has 2 heterocycles. The largest absolute Gasteiger partial charge is 0.374 e. The second-order valence-electron chi connectivity index (χ2n) is 4.52. The first-order chi connectivity index (χ1) is 6.67. The summed E-state index contributed by atoms with van der Waals surface area (Å²) in [6, 6.07) is 0. The average molecular weight is 197 g/mol. The van der Waals surface area contributed by atoms with Crippen LogP contribution < -0.4 is 5.32 Å². The summed E-state index contributed by atoms with van der Waals surface area (Å²) in [7, 11) is 0. The van der Waals surface area contributed by atoms with Gasteiger partial charge in [-0.2, -0.15) is 0 Å². The SMILES string of the molecule is CC1(C)CN(C2=NCCN2)CCCO1. The van der Waals surface area contributed by atoms with Gasteiger partial charge >= 0.3 is 0 Å². The quantitative estimate of drug-likeness (QED) is 0.612. The smallest absolute Gasteiger partial charge is 0.194 e. The molecule has 0 atom stereocenters. The number of nitrogens with one attached hydrogen (secondary N) is 1. The third kappa shape index (κ3) is 2.18. The summed E-state index contributed by atoms with van der Waals surface area (Å²) in [6.07, 6.45) is 1.09. The molecule has 4 nitrogen and oxygen atoms in total. The van der Waals surface area contributed by atoms with E-state index in [9.17, 15) is 0 Å². The summed E-state index contributed by atoms with van der Waals surface area (Å²) in [5.74, 6) is 1.06. The maximum atomic E-state index is 5.76. The molecule has 14 heavy (non-hydrogen) atoms. The molecule has 0 aliphatic carbocycles. The number of aliphatic imine (C=N–C) groups is 1. The Bertz CT molecular complexity index is 238. The lowest BCUT2D eigenvalue weighted by Gasteiger charge is -2.30. The van der Waals surface area contributed by atoms with Crippen molar-refractivity contribution < 1.29 is 4.74 Å². The van der Waals surface area contributed by atoms with Gasteiger partial charge in [-0.1, -0.05) is 0 Å². The molecule has 0 radical (unpaired) electrons. The first-order valence-corrected chi connectivity index (χ1v) is 5.35. The lowest BCUT2D eigenvalue weighted by atomic mass is 10.1. The number of ether oxygens (including phenoxy) is 1. The topological polar surface area (TPSA) is 36.9 Å². The Kier molecular flexibility index (Phi) is 2.63. The van der Waals surface area contributed by atoms with Crippen molar-refractivity contribution in [3.63, 3.8) is 0 Å². The van der Waals surface area contributed by atoms with Crippen molar-refractivity contribution in [2.75, 3.05) is 32.8 Å². The average Bonchev–Trinajstić information content (AvgIpc) is 2.57. The Morgan fingerprint density at radius 1 is 1.50 bits per heavy atom. The number of nitrogens with zero attached hydrogens (tertiary/aromatic N) is 2. The van der Waals surface area contributed by atoms with Crippen molar-refractivity contribution in [3.8, 4) is 0 Å². The van der Waals surface area contributed by atoms with Gasteiger partial charge in [-0.05, 0) is 20.3 Å². The molecule has 2 rings (SSSR count). The maximum absolute atomic E-state index is 5.76. The normalized spacial score (nSPS) is 26.7. The fourth-order valence-corrected chi connectivity index (χ4v) is 1.97. The molecular formula is C10H19N3O. The van der Waals surface area contributed by atoms with Gasteiger partial charge < -0.3 is 15.0 Å². The van der Waals surface area contributed by atoms with E-state index in [-0.39, 0.29) is 5.60 Å². The van der Waals surface area contributed by atoms with Crippen LogP contribution in [0, 0.1) is 0 Å². The standard InChI is InChI=1S/C10H19N3O/c1-10(2)8-13(6-3-7-14-10)9-11-4-5-12-9/h3-8H2,1-2H3,(H,11,12). The summed E-state index contributed by atoms with van der Waals surface area (Å²) < 4.78 is 5.76. The molecule has 1 saturated heterocycles. The van der Waals surface area contributed by atoms with Crippen LogP contribution >= 0.6 is 0 Å². The van der Waals surface area contributed by atoms with Crippen LogP contribution in [0.3, 0.4) is 0 Å². The van der Waals surface area contributed by atoms with E-state index >= 15 is 0 Å². The minimum absolute atomic E-state index is 0.0523. The van der Waals surface area contributed by atoms with Crippen molar-refractivity contribution in [1.82, 2.24) is 10.2 Å². The van der Waals surface area contributed by atoms with E-state index in [0.29, 0.717) is 0 Å². The Hall–Kier alpha value is -0.770. The van der Waals surface area contributed by atoms with Crippen LogP contribution in [0.5, 0.6) is 0 Å². The van der Waals surface area contributed by atoms with Crippen LogP contribution in [0.25, 0.3) is 0 Å². The molecule has 2 aliphatic rings. The third-order valence-electron chi connectivity index (χ3n) is 2.59. The summed E-state index contributed by atoms with van der Waals surface area (Å²) in [5, 5.41) is 3.31. The third-order valence-corrected chi connectivity index (χ3v) is 2.59. The minimum atomic E-state index is -0.0523. The van der Waals surface area contributed by atoms with Gasteiger partial charge in [-0.3, -0.25) is 4.99 Å². The van der Waals surface area contributed by atoms with Gasteiger partial charge in [0.15, 0.2) is 5.96 Å².